The minimum absolute atomic E-state index is 0.00875. The van der Waals surface area contributed by atoms with Gasteiger partial charge in [-0.1, -0.05) is 6.07 Å². The zero-order valence-corrected chi connectivity index (χ0v) is 13.5. The molecule has 0 atom stereocenters. The lowest BCUT2D eigenvalue weighted by molar-refractivity contribution is 0.0695. The largest absolute Gasteiger partial charge is 0.478 e. The molecule has 0 aliphatic rings. The maximum Gasteiger partial charge on any atom is 0.335 e. The SMILES string of the molecule is Cc1ccc(C(=O)O)cc1S(=O)(=O)N(C)CCOC(C)C. The van der Waals surface area contributed by atoms with Crippen LogP contribution in [0.3, 0.4) is 0 Å². The third-order valence-corrected chi connectivity index (χ3v) is 4.98. The van der Waals surface area contributed by atoms with E-state index in [0.717, 1.165) is 0 Å². The molecular weight excluding hydrogens is 294 g/mol. The zero-order chi connectivity index (χ0) is 16.2. The molecule has 21 heavy (non-hydrogen) atoms. The van der Waals surface area contributed by atoms with Crippen molar-refractivity contribution in [1.82, 2.24) is 4.31 Å². The molecule has 1 N–H and O–H groups in total. The summed E-state index contributed by atoms with van der Waals surface area (Å²) in [6, 6.07) is 4.07. The standard InChI is InChI=1S/C14H21NO5S/c1-10(2)20-8-7-15(4)21(18,19)13-9-12(14(16)17)6-5-11(13)3/h5-6,9-10H,7-8H2,1-4H3,(H,16,17). The van der Waals surface area contributed by atoms with Gasteiger partial charge in [-0.2, -0.15) is 4.31 Å². The lowest BCUT2D eigenvalue weighted by Gasteiger charge is -2.19. The Kier molecular flexibility index (Phi) is 5.88. The van der Waals surface area contributed by atoms with Gasteiger partial charge in [0.25, 0.3) is 0 Å². The average molecular weight is 315 g/mol. The van der Waals surface area contributed by atoms with Crippen LogP contribution >= 0.6 is 0 Å². The quantitative estimate of drug-likeness (QED) is 0.828. The molecule has 1 aromatic carbocycles. The Morgan fingerprint density at radius 1 is 1.38 bits per heavy atom. The number of carboxylic acid groups (broad SMARTS) is 1. The molecule has 0 aliphatic heterocycles. The number of hydrogen-bond acceptors (Lipinski definition) is 4. The summed E-state index contributed by atoms with van der Waals surface area (Å²) >= 11 is 0. The normalized spacial score (nSPS) is 12.1. The van der Waals surface area contributed by atoms with E-state index in [1.54, 1.807) is 6.92 Å². The number of aromatic carboxylic acids is 1. The molecule has 118 valence electrons. The Morgan fingerprint density at radius 2 is 2.00 bits per heavy atom. The van der Waals surface area contributed by atoms with Crippen molar-refractivity contribution < 1.29 is 23.1 Å². The number of aryl methyl sites for hydroxylation is 1. The van der Waals surface area contributed by atoms with E-state index >= 15 is 0 Å². The van der Waals surface area contributed by atoms with Crippen LogP contribution in [0.2, 0.25) is 0 Å². The van der Waals surface area contributed by atoms with Crippen molar-refractivity contribution in [3.63, 3.8) is 0 Å². The number of sulfonamides is 1. The number of nitrogens with zero attached hydrogens (tertiary/aromatic N) is 1. The number of ether oxygens (including phenoxy) is 1. The van der Waals surface area contributed by atoms with Crippen LogP contribution in [0.15, 0.2) is 23.1 Å². The molecule has 0 radical (unpaired) electrons. The first-order valence-electron chi connectivity index (χ1n) is 6.58. The van der Waals surface area contributed by atoms with Crippen molar-refractivity contribution in [1.29, 1.82) is 0 Å². The highest BCUT2D eigenvalue weighted by atomic mass is 32.2. The number of carboxylic acids is 1. The minimum atomic E-state index is -3.73. The summed E-state index contributed by atoms with van der Waals surface area (Å²) in [5, 5.41) is 8.98. The molecule has 0 aromatic heterocycles. The molecule has 7 heteroatoms. The van der Waals surface area contributed by atoms with E-state index < -0.39 is 16.0 Å². The number of benzene rings is 1. The predicted molar refractivity (Wildman–Crippen MR) is 79.0 cm³/mol. The van der Waals surface area contributed by atoms with E-state index in [1.165, 1.54) is 29.6 Å². The minimum Gasteiger partial charge on any atom is -0.478 e. The summed E-state index contributed by atoms with van der Waals surface area (Å²) in [7, 11) is -2.28. The van der Waals surface area contributed by atoms with Crippen molar-refractivity contribution in [2.45, 2.75) is 31.8 Å². The maximum atomic E-state index is 12.5. The molecule has 0 unspecified atom stereocenters. The maximum absolute atomic E-state index is 12.5. The molecule has 0 fully saturated rings. The molecule has 1 aromatic rings. The Balaban J connectivity index is 3.01. The van der Waals surface area contributed by atoms with Gasteiger partial charge in [0.15, 0.2) is 0 Å². The van der Waals surface area contributed by atoms with Crippen LogP contribution < -0.4 is 0 Å². The van der Waals surface area contributed by atoms with Gasteiger partial charge in [0.2, 0.25) is 10.0 Å². The third kappa shape index (κ3) is 4.52. The second kappa shape index (κ2) is 7.02. The zero-order valence-electron chi connectivity index (χ0n) is 12.7. The molecule has 0 spiro atoms. The van der Waals surface area contributed by atoms with Gasteiger partial charge in [-0.05, 0) is 38.5 Å². The highest BCUT2D eigenvalue weighted by molar-refractivity contribution is 7.89. The summed E-state index contributed by atoms with van der Waals surface area (Å²) in [5.41, 5.74) is 0.461. The van der Waals surface area contributed by atoms with E-state index in [2.05, 4.69) is 0 Å². The summed E-state index contributed by atoms with van der Waals surface area (Å²) in [5.74, 6) is -1.16. The van der Waals surface area contributed by atoms with E-state index in [1.807, 2.05) is 13.8 Å². The Hall–Kier alpha value is -1.44. The second-order valence-corrected chi connectivity index (χ2v) is 7.04. The van der Waals surface area contributed by atoms with Gasteiger partial charge in [-0.3, -0.25) is 0 Å². The van der Waals surface area contributed by atoms with Crippen LogP contribution in [0.25, 0.3) is 0 Å². The Morgan fingerprint density at radius 3 is 2.52 bits per heavy atom. The molecule has 0 saturated carbocycles. The van der Waals surface area contributed by atoms with Crippen molar-refractivity contribution in [3.8, 4) is 0 Å². The van der Waals surface area contributed by atoms with Crippen LogP contribution in [0.5, 0.6) is 0 Å². The molecule has 0 heterocycles. The number of likely N-dealkylation sites (N-methyl/N-ethyl adjacent to an activating group) is 1. The van der Waals surface area contributed by atoms with Gasteiger partial charge in [0.1, 0.15) is 0 Å². The summed E-state index contributed by atoms with van der Waals surface area (Å²) < 4.78 is 31.5. The first kappa shape index (κ1) is 17.6. The van der Waals surface area contributed by atoms with Crippen LogP contribution in [-0.2, 0) is 14.8 Å². The Labute approximate surface area is 125 Å². The average Bonchev–Trinajstić information content (AvgIpc) is 2.37. The van der Waals surface area contributed by atoms with E-state index in [4.69, 9.17) is 9.84 Å². The number of carbonyl (C=O) groups is 1. The van der Waals surface area contributed by atoms with Gasteiger partial charge in [-0.25, -0.2) is 13.2 Å². The Bertz CT molecular complexity index is 610. The molecule has 0 aliphatic carbocycles. The van der Waals surface area contributed by atoms with Crippen LogP contribution in [0.4, 0.5) is 0 Å². The number of hydrogen-bond donors (Lipinski definition) is 1. The summed E-state index contributed by atoms with van der Waals surface area (Å²) in [6.07, 6.45) is 0.0261. The highest BCUT2D eigenvalue weighted by Crippen LogP contribution is 2.20. The fourth-order valence-electron chi connectivity index (χ4n) is 1.72. The highest BCUT2D eigenvalue weighted by Gasteiger charge is 2.23. The van der Waals surface area contributed by atoms with E-state index in [-0.39, 0.29) is 29.7 Å². The smallest absolute Gasteiger partial charge is 0.335 e. The second-order valence-electron chi connectivity index (χ2n) is 5.03. The van der Waals surface area contributed by atoms with Crippen molar-refractivity contribution in [2.75, 3.05) is 20.2 Å². The lowest BCUT2D eigenvalue weighted by Crippen LogP contribution is -2.31. The van der Waals surface area contributed by atoms with Crippen molar-refractivity contribution in [2.24, 2.45) is 0 Å². The predicted octanol–water partition coefficient (Wildman–Crippen LogP) is 1.74. The van der Waals surface area contributed by atoms with Gasteiger partial charge >= 0.3 is 5.97 Å². The van der Waals surface area contributed by atoms with E-state index in [9.17, 15) is 13.2 Å². The summed E-state index contributed by atoms with van der Waals surface area (Å²) in [6.45, 7) is 5.86. The topological polar surface area (TPSA) is 83.9 Å². The summed E-state index contributed by atoms with van der Waals surface area (Å²) in [4.78, 5) is 11.0. The molecule has 6 nitrogen and oxygen atoms in total. The van der Waals surface area contributed by atoms with Crippen LogP contribution in [-0.4, -0.2) is 50.1 Å². The molecule has 0 bridgehead atoms. The van der Waals surface area contributed by atoms with Crippen molar-refractivity contribution >= 4 is 16.0 Å². The van der Waals surface area contributed by atoms with E-state index in [0.29, 0.717) is 5.56 Å². The van der Waals surface area contributed by atoms with Crippen molar-refractivity contribution in [3.05, 3.63) is 29.3 Å². The van der Waals surface area contributed by atoms with Crippen LogP contribution in [0.1, 0.15) is 29.8 Å². The molecule has 0 amide bonds. The van der Waals surface area contributed by atoms with Gasteiger partial charge in [0.05, 0.1) is 23.2 Å². The lowest BCUT2D eigenvalue weighted by atomic mass is 10.1. The first-order chi connectivity index (χ1) is 9.66. The monoisotopic (exact) mass is 315 g/mol. The molecule has 1 rings (SSSR count). The van der Waals surface area contributed by atoms with Crippen LogP contribution in [0, 0.1) is 6.92 Å². The molecule has 0 saturated heterocycles. The number of rotatable bonds is 7. The van der Waals surface area contributed by atoms with Gasteiger partial charge < -0.3 is 9.84 Å². The fourth-order valence-corrected chi connectivity index (χ4v) is 3.12. The fraction of sp³-hybridized carbons (Fsp3) is 0.500. The third-order valence-electron chi connectivity index (χ3n) is 2.98. The molecular formula is C14H21NO5S. The first-order valence-corrected chi connectivity index (χ1v) is 8.02. The van der Waals surface area contributed by atoms with Gasteiger partial charge in [-0.15, -0.1) is 0 Å². The van der Waals surface area contributed by atoms with Gasteiger partial charge in [0, 0.05) is 13.6 Å².